The molecule has 0 fully saturated rings. The number of halogens is 1. The molecular weight excluding hydrogens is 366 g/mol. The lowest BCUT2D eigenvalue weighted by molar-refractivity contribution is 0.345. The number of allylic oxidation sites excluding steroid dienone is 2. The van der Waals surface area contributed by atoms with Crippen molar-refractivity contribution in [2.75, 3.05) is 7.05 Å². The summed E-state index contributed by atoms with van der Waals surface area (Å²) < 4.78 is 0. The number of para-hydroxylation sites is 2. The third-order valence-corrected chi connectivity index (χ3v) is 4.39. The summed E-state index contributed by atoms with van der Waals surface area (Å²) in [5.74, 6) is 0.443. The predicted octanol–water partition coefficient (Wildman–Crippen LogP) is 4.58. The molecule has 1 atom stereocenters. The third kappa shape index (κ3) is 3.82. The van der Waals surface area contributed by atoms with Crippen LogP contribution in [0.3, 0.4) is 0 Å². The number of hydrogen-bond acceptors (Lipinski definition) is 3. The fourth-order valence-electron chi connectivity index (χ4n) is 3.10. The first-order valence-electron chi connectivity index (χ1n) is 7.79. The minimum atomic E-state index is -0.0824. The summed E-state index contributed by atoms with van der Waals surface area (Å²) in [4.78, 5) is 2.15. The van der Waals surface area contributed by atoms with Gasteiger partial charge in [-0.25, -0.2) is 0 Å². The molecule has 0 aliphatic carbocycles. The molecule has 3 rings (SSSR count). The van der Waals surface area contributed by atoms with Gasteiger partial charge in [0.2, 0.25) is 0 Å². The quantitative estimate of drug-likeness (QED) is 0.806. The molecule has 0 spiro atoms. The van der Waals surface area contributed by atoms with Gasteiger partial charge in [-0.3, -0.25) is 0 Å². The van der Waals surface area contributed by atoms with Gasteiger partial charge in [0.15, 0.2) is 0 Å². The summed E-state index contributed by atoms with van der Waals surface area (Å²) in [7, 11) is 2.04. The first kappa shape index (κ1) is 18.1. The van der Waals surface area contributed by atoms with E-state index >= 15 is 0 Å². The summed E-state index contributed by atoms with van der Waals surface area (Å²) in [5.41, 5.74) is 1.68. The smallest absolute Gasteiger partial charge is 0.119 e. The SMILES string of the molecule is Br.CN1C=CC=CC1CC(c1ccccc1O)c1ccccc1O. The van der Waals surface area contributed by atoms with Gasteiger partial charge in [-0.2, -0.15) is 0 Å². The van der Waals surface area contributed by atoms with Crippen LogP contribution in [-0.4, -0.2) is 28.2 Å². The van der Waals surface area contributed by atoms with E-state index in [9.17, 15) is 10.2 Å². The van der Waals surface area contributed by atoms with Gasteiger partial charge in [0.05, 0.1) is 0 Å². The third-order valence-electron chi connectivity index (χ3n) is 4.39. The molecule has 0 bridgehead atoms. The molecule has 3 nitrogen and oxygen atoms in total. The van der Waals surface area contributed by atoms with Crippen molar-refractivity contribution in [2.24, 2.45) is 0 Å². The Morgan fingerprint density at radius 2 is 1.46 bits per heavy atom. The monoisotopic (exact) mass is 387 g/mol. The van der Waals surface area contributed by atoms with E-state index in [4.69, 9.17) is 0 Å². The molecule has 1 heterocycles. The fourth-order valence-corrected chi connectivity index (χ4v) is 3.10. The van der Waals surface area contributed by atoms with Crippen LogP contribution in [0.15, 0.2) is 73.0 Å². The number of hydrogen-bond donors (Lipinski definition) is 2. The normalized spacial score (nSPS) is 16.2. The highest BCUT2D eigenvalue weighted by atomic mass is 79.9. The van der Waals surface area contributed by atoms with Crippen LogP contribution in [0.1, 0.15) is 23.5 Å². The fraction of sp³-hybridized carbons (Fsp3) is 0.200. The first-order valence-corrected chi connectivity index (χ1v) is 7.79. The van der Waals surface area contributed by atoms with Crippen molar-refractivity contribution in [3.63, 3.8) is 0 Å². The Labute approximate surface area is 153 Å². The van der Waals surface area contributed by atoms with Crippen LogP contribution in [0.5, 0.6) is 11.5 Å². The highest BCUT2D eigenvalue weighted by molar-refractivity contribution is 8.93. The van der Waals surface area contributed by atoms with Gasteiger partial charge < -0.3 is 15.1 Å². The number of nitrogens with zero attached hydrogens (tertiary/aromatic N) is 1. The number of phenols is 2. The van der Waals surface area contributed by atoms with Crippen molar-refractivity contribution in [2.45, 2.75) is 18.4 Å². The number of aromatic hydroxyl groups is 2. The standard InChI is InChI=1S/C20H21NO2.BrH/c1-21-13-7-6-8-15(21)14-18(16-9-2-4-11-19(16)22)17-10-3-5-12-20(17)23;/h2-13,15,18,22-23H,14H2,1H3;1H. The zero-order valence-corrected chi connectivity index (χ0v) is 15.3. The van der Waals surface area contributed by atoms with E-state index < -0.39 is 0 Å². The van der Waals surface area contributed by atoms with Gasteiger partial charge in [-0.05, 0) is 30.8 Å². The van der Waals surface area contributed by atoms with Gasteiger partial charge in [0, 0.05) is 30.1 Å². The Balaban J connectivity index is 0.00000208. The molecule has 24 heavy (non-hydrogen) atoms. The second kappa shape index (κ2) is 8.06. The van der Waals surface area contributed by atoms with Gasteiger partial charge in [-0.15, -0.1) is 17.0 Å². The zero-order valence-electron chi connectivity index (χ0n) is 13.5. The van der Waals surface area contributed by atoms with E-state index in [1.807, 2.05) is 61.8 Å². The van der Waals surface area contributed by atoms with Crippen molar-refractivity contribution >= 4 is 17.0 Å². The summed E-state index contributed by atoms with van der Waals surface area (Å²) in [6, 6.07) is 14.9. The van der Waals surface area contributed by atoms with E-state index in [1.54, 1.807) is 12.1 Å². The molecule has 0 saturated carbocycles. The average Bonchev–Trinajstić information content (AvgIpc) is 2.56. The molecule has 0 radical (unpaired) electrons. The van der Waals surface area contributed by atoms with E-state index in [0.717, 1.165) is 17.5 Å². The van der Waals surface area contributed by atoms with E-state index in [-0.39, 0.29) is 40.4 Å². The predicted molar refractivity (Wildman–Crippen MR) is 103 cm³/mol. The van der Waals surface area contributed by atoms with Crippen molar-refractivity contribution in [3.8, 4) is 11.5 Å². The Bertz CT molecular complexity index is 696. The molecule has 0 amide bonds. The minimum Gasteiger partial charge on any atom is -0.508 e. The van der Waals surface area contributed by atoms with Crippen molar-refractivity contribution in [3.05, 3.63) is 84.1 Å². The lowest BCUT2D eigenvalue weighted by Gasteiger charge is -2.30. The van der Waals surface area contributed by atoms with Gasteiger partial charge >= 0.3 is 0 Å². The maximum absolute atomic E-state index is 10.3. The molecular formula is C20H22BrNO2. The Morgan fingerprint density at radius 1 is 0.917 bits per heavy atom. The number of benzene rings is 2. The molecule has 4 heteroatoms. The first-order chi connectivity index (χ1) is 11.2. The maximum Gasteiger partial charge on any atom is 0.119 e. The topological polar surface area (TPSA) is 43.7 Å². The van der Waals surface area contributed by atoms with Crippen LogP contribution in [0.4, 0.5) is 0 Å². The number of likely N-dealkylation sites (N-methyl/N-ethyl adjacent to an activating group) is 1. The van der Waals surface area contributed by atoms with E-state index in [2.05, 4.69) is 11.0 Å². The zero-order chi connectivity index (χ0) is 16.2. The Kier molecular flexibility index (Phi) is 6.10. The lowest BCUT2D eigenvalue weighted by atomic mass is 9.84. The van der Waals surface area contributed by atoms with Crippen molar-refractivity contribution in [1.29, 1.82) is 0 Å². The van der Waals surface area contributed by atoms with Gasteiger partial charge in [0.1, 0.15) is 11.5 Å². The second-order valence-corrected chi connectivity index (χ2v) is 5.87. The van der Waals surface area contributed by atoms with Gasteiger partial charge in [0.25, 0.3) is 0 Å². The molecule has 2 aromatic rings. The largest absolute Gasteiger partial charge is 0.508 e. The van der Waals surface area contributed by atoms with Crippen LogP contribution in [-0.2, 0) is 0 Å². The van der Waals surface area contributed by atoms with E-state index in [0.29, 0.717) is 0 Å². The Hall–Kier alpha value is -2.20. The van der Waals surface area contributed by atoms with Crippen molar-refractivity contribution < 1.29 is 10.2 Å². The molecule has 0 aromatic heterocycles. The average molecular weight is 388 g/mol. The van der Waals surface area contributed by atoms with E-state index in [1.165, 1.54) is 0 Å². The van der Waals surface area contributed by atoms with Crippen LogP contribution >= 0.6 is 17.0 Å². The molecule has 2 N–H and O–H groups in total. The van der Waals surface area contributed by atoms with Crippen LogP contribution < -0.4 is 0 Å². The number of phenolic OH excluding ortho intramolecular Hbond substituents is 2. The molecule has 126 valence electrons. The Morgan fingerprint density at radius 3 is 1.96 bits per heavy atom. The molecule has 1 aliphatic rings. The molecule has 1 unspecified atom stereocenters. The van der Waals surface area contributed by atoms with Crippen LogP contribution in [0.25, 0.3) is 0 Å². The molecule has 1 aliphatic heterocycles. The highest BCUT2D eigenvalue weighted by Gasteiger charge is 2.25. The maximum atomic E-state index is 10.3. The summed E-state index contributed by atoms with van der Waals surface area (Å²) in [6.07, 6.45) is 9.00. The number of rotatable bonds is 4. The minimum absolute atomic E-state index is 0. The lowest BCUT2D eigenvalue weighted by Crippen LogP contribution is -2.28. The highest BCUT2D eigenvalue weighted by Crippen LogP contribution is 2.39. The summed E-state index contributed by atoms with van der Waals surface area (Å²) >= 11 is 0. The van der Waals surface area contributed by atoms with Gasteiger partial charge in [-0.1, -0.05) is 48.6 Å². The summed E-state index contributed by atoms with van der Waals surface area (Å²) in [6.45, 7) is 0. The summed E-state index contributed by atoms with van der Waals surface area (Å²) in [5, 5.41) is 20.6. The second-order valence-electron chi connectivity index (χ2n) is 5.87. The van der Waals surface area contributed by atoms with Crippen LogP contribution in [0.2, 0.25) is 0 Å². The molecule has 2 aromatic carbocycles. The molecule has 0 saturated heterocycles. The van der Waals surface area contributed by atoms with Crippen molar-refractivity contribution in [1.82, 2.24) is 4.90 Å². The van der Waals surface area contributed by atoms with Crippen LogP contribution in [0, 0.1) is 0 Å².